The first kappa shape index (κ1) is 23.6. The minimum absolute atomic E-state index is 0.00293. The fraction of sp³-hybridized carbons (Fsp3) is 0.739. The molecule has 0 heterocycles. The summed E-state index contributed by atoms with van der Waals surface area (Å²) in [6.07, 6.45) is 3.32. The van der Waals surface area contributed by atoms with Crippen LogP contribution in [0.3, 0.4) is 0 Å². The maximum absolute atomic E-state index is 12.9. The van der Waals surface area contributed by atoms with Crippen LogP contribution in [0, 0.1) is 23.7 Å². The predicted octanol–water partition coefficient (Wildman–Crippen LogP) is 4.46. The highest BCUT2D eigenvalue weighted by molar-refractivity contribution is 6.24. The number of oxime groups is 1. The van der Waals surface area contributed by atoms with E-state index in [0.717, 1.165) is 6.42 Å². The second kappa shape index (κ2) is 10.9. The molecule has 0 radical (unpaired) electrons. The Morgan fingerprint density at radius 1 is 1.31 bits per heavy atom. The van der Waals surface area contributed by atoms with Gasteiger partial charge in [0.2, 0.25) is 0 Å². The molecule has 4 atom stereocenters. The van der Waals surface area contributed by atoms with Crippen LogP contribution in [-0.2, 0) is 19.1 Å². The zero-order chi connectivity index (χ0) is 21.6. The number of nitrogens with zero attached hydrogens (tertiary/aromatic N) is 1. The van der Waals surface area contributed by atoms with Crippen molar-refractivity contribution < 1.29 is 24.2 Å². The molecule has 0 aromatic heterocycles. The van der Waals surface area contributed by atoms with Crippen LogP contribution >= 0.6 is 0 Å². The largest absolute Gasteiger partial charge is 0.511 e. The summed E-state index contributed by atoms with van der Waals surface area (Å²) in [5.74, 6) is 0.829. The minimum atomic E-state index is -0.229. The van der Waals surface area contributed by atoms with Crippen molar-refractivity contribution in [3.8, 4) is 0 Å². The van der Waals surface area contributed by atoms with E-state index in [1.807, 2.05) is 27.7 Å². The smallest absolute Gasteiger partial charge is 0.168 e. The standard InChI is InChI=1S/C23H37NO5/c1-7-8-27-13-21(14(2)3)29-24-23(18-9-16(18)6)22-19(25)10-17(11-20(22)26)12-28-15(4)5/h7,14-18,21,25H,1,8-13H2,2-6H3. The van der Waals surface area contributed by atoms with Gasteiger partial charge in [0.25, 0.3) is 0 Å². The molecule has 29 heavy (non-hydrogen) atoms. The fourth-order valence-corrected chi connectivity index (χ4v) is 3.45. The van der Waals surface area contributed by atoms with Crippen molar-refractivity contribution in [2.24, 2.45) is 28.8 Å². The molecular weight excluding hydrogens is 370 g/mol. The molecule has 2 aliphatic rings. The van der Waals surface area contributed by atoms with Crippen molar-refractivity contribution >= 4 is 11.5 Å². The Hall–Kier alpha value is -1.66. The Kier molecular flexibility index (Phi) is 8.90. The number of hydrogen-bond donors (Lipinski definition) is 1. The summed E-state index contributed by atoms with van der Waals surface area (Å²) in [7, 11) is 0. The Morgan fingerprint density at radius 3 is 2.52 bits per heavy atom. The SMILES string of the molecule is C=CCOCC(ON=C(C1=C(O)CC(COC(C)C)CC1=O)C1CC1C)C(C)C. The number of carbonyl (C=O) groups excluding carboxylic acids is 1. The van der Waals surface area contributed by atoms with Gasteiger partial charge >= 0.3 is 0 Å². The lowest BCUT2D eigenvalue weighted by Crippen LogP contribution is -2.30. The number of Topliss-reactive ketones (excluding diaryl/α,β-unsaturated/α-hetero) is 1. The van der Waals surface area contributed by atoms with Crippen LogP contribution < -0.4 is 0 Å². The predicted molar refractivity (Wildman–Crippen MR) is 114 cm³/mol. The number of ketones is 1. The van der Waals surface area contributed by atoms with Gasteiger partial charge in [-0.25, -0.2) is 0 Å². The van der Waals surface area contributed by atoms with Gasteiger partial charge in [0.1, 0.15) is 5.76 Å². The van der Waals surface area contributed by atoms with Crippen molar-refractivity contribution in [3.05, 3.63) is 24.0 Å². The Morgan fingerprint density at radius 2 is 2.00 bits per heavy atom. The molecule has 0 aromatic rings. The van der Waals surface area contributed by atoms with E-state index in [9.17, 15) is 9.90 Å². The molecule has 0 saturated heterocycles. The first-order valence-corrected chi connectivity index (χ1v) is 10.7. The maximum Gasteiger partial charge on any atom is 0.168 e. The lowest BCUT2D eigenvalue weighted by molar-refractivity contribution is -0.117. The number of carbonyl (C=O) groups is 1. The van der Waals surface area contributed by atoms with Gasteiger partial charge in [-0.2, -0.15) is 0 Å². The van der Waals surface area contributed by atoms with Gasteiger partial charge < -0.3 is 19.4 Å². The zero-order valence-electron chi connectivity index (χ0n) is 18.5. The van der Waals surface area contributed by atoms with Crippen molar-refractivity contribution in [1.82, 2.24) is 0 Å². The molecule has 0 aliphatic heterocycles. The molecule has 2 rings (SSSR count). The quantitative estimate of drug-likeness (QED) is 0.224. The molecule has 164 valence electrons. The highest BCUT2D eigenvalue weighted by Crippen LogP contribution is 2.43. The molecule has 0 bridgehead atoms. The number of aliphatic hydroxyl groups excluding tert-OH is 1. The number of aliphatic hydroxyl groups is 1. The van der Waals surface area contributed by atoms with E-state index in [0.29, 0.717) is 49.9 Å². The van der Waals surface area contributed by atoms with Gasteiger partial charge in [-0.05, 0) is 38.0 Å². The van der Waals surface area contributed by atoms with E-state index in [4.69, 9.17) is 14.3 Å². The second-order valence-electron chi connectivity index (χ2n) is 8.91. The topological polar surface area (TPSA) is 77.3 Å². The maximum atomic E-state index is 12.9. The number of ether oxygens (including phenoxy) is 2. The molecule has 0 amide bonds. The Bertz CT molecular complexity index is 637. The second-order valence-corrected chi connectivity index (χ2v) is 8.91. The van der Waals surface area contributed by atoms with E-state index in [1.54, 1.807) is 6.08 Å². The summed E-state index contributed by atoms with van der Waals surface area (Å²) in [5.41, 5.74) is 0.951. The Balaban J connectivity index is 2.16. The van der Waals surface area contributed by atoms with Crippen LogP contribution in [0.4, 0.5) is 0 Å². The number of rotatable bonds is 12. The molecular formula is C23H37NO5. The number of hydrogen-bond acceptors (Lipinski definition) is 6. The lowest BCUT2D eigenvalue weighted by atomic mass is 9.84. The summed E-state index contributed by atoms with van der Waals surface area (Å²) < 4.78 is 11.2. The van der Waals surface area contributed by atoms with Gasteiger partial charge in [-0.1, -0.05) is 32.0 Å². The summed E-state index contributed by atoms with van der Waals surface area (Å²) in [5, 5.41) is 15.1. The summed E-state index contributed by atoms with van der Waals surface area (Å²) >= 11 is 0. The van der Waals surface area contributed by atoms with Crippen LogP contribution in [0.1, 0.15) is 53.9 Å². The highest BCUT2D eigenvalue weighted by atomic mass is 16.7. The third-order valence-corrected chi connectivity index (χ3v) is 5.45. The molecule has 1 N–H and O–H groups in total. The highest BCUT2D eigenvalue weighted by Gasteiger charge is 2.43. The third-order valence-electron chi connectivity index (χ3n) is 5.45. The normalized spacial score (nSPS) is 26.2. The van der Waals surface area contributed by atoms with Crippen LogP contribution in [-0.4, -0.2) is 48.6 Å². The van der Waals surface area contributed by atoms with E-state index in [-0.39, 0.29) is 41.5 Å². The first-order valence-electron chi connectivity index (χ1n) is 10.7. The minimum Gasteiger partial charge on any atom is -0.511 e. The zero-order valence-corrected chi connectivity index (χ0v) is 18.5. The van der Waals surface area contributed by atoms with Gasteiger partial charge in [0.05, 0.1) is 37.2 Å². The monoisotopic (exact) mass is 407 g/mol. The molecule has 4 unspecified atom stereocenters. The van der Waals surface area contributed by atoms with E-state index >= 15 is 0 Å². The summed E-state index contributed by atoms with van der Waals surface area (Å²) in [4.78, 5) is 18.7. The molecule has 1 fully saturated rings. The van der Waals surface area contributed by atoms with Gasteiger partial charge in [0, 0.05) is 18.8 Å². The molecule has 6 heteroatoms. The van der Waals surface area contributed by atoms with E-state index in [1.165, 1.54) is 0 Å². The summed E-state index contributed by atoms with van der Waals surface area (Å²) in [6, 6.07) is 0. The van der Waals surface area contributed by atoms with Crippen LogP contribution in [0.5, 0.6) is 0 Å². The van der Waals surface area contributed by atoms with Crippen molar-refractivity contribution in [1.29, 1.82) is 0 Å². The fourth-order valence-electron chi connectivity index (χ4n) is 3.45. The number of allylic oxidation sites excluding steroid dienone is 2. The van der Waals surface area contributed by atoms with Crippen LogP contribution in [0.15, 0.2) is 29.1 Å². The van der Waals surface area contributed by atoms with E-state index < -0.39 is 0 Å². The molecule has 2 aliphatic carbocycles. The lowest BCUT2D eigenvalue weighted by Gasteiger charge is -2.25. The molecule has 0 aromatic carbocycles. The van der Waals surface area contributed by atoms with Crippen molar-refractivity contribution in [2.75, 3.05) is 19.8 Å². The van der Waals surface area contributed by atoms with Crippen LogP contribution in [0.25, 0.3) is 0 Å². The molecule has 1 saturated carbocycles. The third kappa shape index (κ3) is 6.96. The van der Waals surface area contributed by atoms with Crippen molar-refractivity contribution in [3.63, 3.8) is 0 Å². The van der Waals surface area contributed by atoms with Gasteiger partial charge in [0.15, 0.2) is 11.9 Å². The first-order chi connectivity index (χ1) is 13.7. The average Bonchev–Trinajstić information content (AvgIpc) is 3.36. The molecule has 0 spiro atoms. The van der Waals surface area contributed by atoms with Crippen LogP contribution in [0.2, 0.25) is 0 Å². The molecule has 6 nitrogen and oxygen atoms in total. The van der Waals surface area contributed by atoms with Gasteiger partial charge in [-0.3, -0.25) is 4.79 Å². The van der Waals surface area contributed by atoms with E-state index in [2.05, 4.69) is 18.7 Å². The average molecular weight is 408 g/mol. The van der Waals surface area contributed by atoms with Gasteiger partial charge in [-0.15, -0.1) is 6.58 Å². The summed E-state index contributed by atoms with van der Waals surface area (Å²) in [6.45, 7) is 15.1. The Labute approximate surface area is 175 Å². The van der Waals surface area contributed by atoms with Crippen molar-refractivity contribution in [2.45, 2.75) is 66.1 Å².